The van der Waals surface area contributed by atoms with Gasteiger partial charge in [-0.05, 0) is 6.92 Å². The molecule has 7 N–H and O–H groups in total. The van der Waals surface area contributed by atoms with Gasteiger partial charge in [0.05, 0.1) is 6.10 Å². The van der Waals surface area contributed by atoms with Crippen molar-refractivity contribution in [2.24, 2.45) is 0 Å². The van der Waals surface area contributed by atoms with Crippen LogP contribution in [-0.4, -0.2) is 42.2 Å². The predicted octanol–water partition coefficient (Wildman–Crippen LogP) is -0.400. The largest absolute Gasteiger partial charge is 0.382 e. The molecule has 1 atom stereocenters. The maximum atomic E-state index is 10.7. The molecule has 2 heterocycles. The van der Waals surface area contributed by atoms with Crippen LogP contribution in [0.2, 0.25) is 0 Å². The highest BCUT2D eigenvalue weighted by molar-refractivity contribution is 7.51. The van der Waals surface area contributed by atoms with E-state index in [1.54, 1.807) is 6.92 Å². The summed E-state index contributed by atoms with van der Waals surface area (Å²) in [5.74, 6) is 0.735. The molecule has 0 radical (unpaired) electrons. The van der Waals surface area contributed by atoms with Crippen LogP contribution in [0.3, 0.4) is 0 Å². The van der Waals surface area contributed by atoms with Crippen molar-refractivity contribution < 1.29 is 19.1 Å². The maximum absolute atomic E-state index is 10.7. The van der Waals surface area contributed by atoms with E-state index in [9.17, 15) is 4.57 Å². The molecule has 0 saturated heterocycles. The Morgan fingerprint density at radius 2 is 2.05 bits per heavy atom. The van der Waals surface area contributed by atoms with Gasteiger partial charge < -0.3 is 31.0 Å². The summed E-state index contributed by atoms with van der Waals surface area (Å²) in [5.41, 5.74) is 12.0. The van der Waals surface area contributed by atoms with Crippen LogP contribution in [0.5, 0.6) is 0 Å². The molecule has 110 valence electrons. The molecular weight excluding hydrogens is 287 g/mol. The zero-order valence-corrected chi connectivity index (χ0v) is 11.5. The first kappa shape index (κ1) is 14.7. The van der Waals surface area contributed by atoms with E-state index in [-0.39, 0.29) is 11.8 Å². The van der Waals surface area contributed by atoms with Gasteiger partial charge in [-0.2, -0.15) is 9.97 Å². The van der Waals surface area contributed by atoms with Gasteiger partial charge in [-0.15, -0.1) is 0 Å². The summed E-state index contributed by atoms with van der Waals surface area (Å²) in [4.78, 5) is 32.3. The fraction of sp³-hybridized carbons (Fsp3) is 0.444. The van der Waals surface area contributed by atoms with E-state index in [4.69, 9.17) is 26.0 Å². The molecule has 2 rings (SSSR count). The molecule has 0 bridgehead atoms. The maximum Gasteiger partial charge on any atom is 0.350 e. The lowest BCUT2D eigenvalue weighted by molar-refractivity contribution is 0.0874. The molecule has 20 heavy (non-hydrogen) atoms. The quantitative estimate of drug-likeness (QED) is 0.460. The van der Waals surface area contributed by atoms with Crippen molar-refractivity contribution in [3.05, 3.63) is 5.82 Å². The first-order chi connectivity index (χ1) is 9.24. The highest BCUT2D eigenvalue weighted by atomic mass is 31.2. The standard InChI is InChI=1S/C9H15N6O4P/c1-4(19-3-20(16,17)18)2-5-12-6-7(10)14-9(11)15-8(6)13-5/h4H,2-3H2,1H3,(H2,16,17,18)(H5,10,11,12,13,14,15). The lowest BCUT2D eigenvalue weighted by atomic mass is 10.3. The number of fused-ring (bicyclic) bond motifs is 1. The monoisotopic (exact) mass is 302 g/mol. The van der Waals surface area contributed by atoms with E-state index in [1.807, 2.05) is 0 Å². The molecule has 0 aliphatic heterocycles. The van der Waals surface area contributed by atoms with Crippen molar-refractivity contribution >= 4 is 30.5 Å². The number of H-pyrrole nitrogens is 1. The van der Waals surface area contributed by atoms with Crippen LogP contribution in [0.15, 0.2) is 0 Å². The third-order valence-electron chi connectivity index (χ3n) is 2.45. The number of nitrogens with one attached hydrogen (secondary N) is 1. The van der Waals surface area contributed by atoms with E-state index in [2.05, 4.69) is 19.9 Å². The minimum Gasteiger partial charge on any atom is -0.382 e. The van der Waals surface area contributed by atoms with Gasteiger partial charge in [0.15, 0.2) is 11.5 Å². The number of aromatic amines is 1. The highest BCUT2D eigenvalue weighted by Gasteiger charge is 2.17. The molecule has 0 spiro atoms. The summed E-state index contributed by atoms with van der Waals surface area (Å²) >= 11 is 0. The van der Waals surface area contributed by atoms with E-state index in [0.29, 0.717) is 23.4 Å². The first-order valence-electron chi connectivity index (χ1n) is 5.68. The number of nitrogens with zero attached hydrogens (tertiary/aromatic N) is 3. The Balaban J connectivity index is 2.10. The van der Waals surface area contributed by atoms with Crippen molar-refractivity contribution in [1.82, 2.24) is 19.9 Å². The topological polar surface area (TPSA) is 173 Å². The van der Waals surface area contributed by atoms with Crippen LogP contribution in [0.25, 0.3) is 11.2 Å². The molecule has 0 amide bonds. The van der Waals surface area contributed by atoms with Crippen molar-refractivity contribution in [3.8, 4) is 0 Å². The average molecular weight is 302 g/mol. The predicted molar refractivity (Wildman–Crippen MR) is 71.7 cm³/mol. The molecule has 10 nitrogen and oxygen atoms in total. The van der Waals surface area contributed by atoms with E-state index >= 15 is 0 Å². The fourth-order valence-corrected chi connectivity index (χ4v) is 2.09. The second kappa shape index (κ2) is 5.33. The molecule has 2 aromatic heterocycles. The summed E-state index contributed by atoms with van der Waals surface area (Å²) in [5, 5.41) is 0. The fourth-order valence-electron chi connectivity index (χ4n) is 1.64. The van der Waals surface area contributed by atoms with Gasteiger partial charge in [0.25, 0.3) is 0 Å². The van der Waals surface area contributed by atoms with E-state index < -0.39 is 20.0 Å². The van der Waals surface area contributed by atoms with Gasteiger partial charge in [0, 0.05) is 6.42 Å². The van der Waals surface area contributed by atoms with Gasteiger partial charge in [-0.3, -0.25) is 4.57 Å². The van der Waals surface area contributed by atoms with Crippen molar-refractivity contribution in [1.29, 1.82) is 0 Å². The minimum absolute atomic E-state index is 0.0267. The molecule has 0 aliphatic rings. The summed E-state index contributed by atoms with van der Waals surface area (Å²) < 4.78 is 15.8. The lowest BCUT2D eigenvalue weighted by Gasteiger charge is -2.11. The SMILES string of the molecule is CC(Cc1nc2nc(N)nc(N)c2[nH]1)OCP(=O)(O)O. The Kier molecular flexibility index (Phi) is 3.91. The van der Waals surface area contributed by atoms with Gasteiger partial charge >= 0.3 is 7.60 Å². The molecule has 11 heteroatoms. The average Bonchev–Trinajstić information content (AvgIpc) is 2.68. The summed E-state index contributed by atoms with van der Waals surface area (Å²) in [6, 6.07) is 0. The van der Waals surface area contributed by atoms with Crippen molar-refractivity contribution in [2.75, 3.05) is 17.8 Å². The number of nitrogens with two attached hydrogens (primary N) is 2. The third kappa shape index (κ3) is 3.64. The van der Waals surface area contributed by atoms with Crippen molar-refractivity contribution in [3.63, 3.8) is 0 Å². The molecule has 1 unspecified atom stereocenters. The van der Waals surface area contributed by atoms with Gasteiger partial charge in [0.2, 0.25) is 5.95 Å². The highest BCUT2D eigenvalue weighted by Crippen LogP contribution is 2.34. The number of anilines is 2. The Labute approximate surface area is 113 Å². The number of ether oxygens (including phenoxy) is 1. The van der Waals surface area contributed by atoms with E-state index in [1.165, 1.54) is 0 Å². The Morgan fingerprint density at radius 3 is 2.70 bits per heavy atom. The lowest BCUT2D eigenvalue weighted by Crippen LogP contribution is -2.13. The summed E-state index contributed by atoms with van der Waals surface area (Å²) in [6.45, 7) is 1.67. The zero-order chi connectivity index (χ0) is 14.9. The molecular formula is C9H15N6O4P. The van der Waals surface area contributed by atoms with Crippen LogP contribution in [0.1, 0.15) is 12.7 Å². The Bertz CT molecular complexity index is 668. The number of hydrogen-bond acceptors (Lipinski definition) is 7. The number of nitrogen functional groups attached to an aromatic ring is 2. The number of rotatable bonds is 5. The third-order valence-corrected chi connectivity index (χ3v) is 2.94. The molecule has 2 aromatic rings. The van der Waals surface area contributed by atoms with Gasteiger partial charge in [0.1, 0.15) is 17.7 Å². The number of hydrogen-bond donors (Lipinski definition) is 5. The Morgan fingerprint density at radius 1 is 1.35 bits per heavy atom. The van der Waals surface area contributed by atoms with Crippen LogP contribution in [0, 0.1) is 0 Å². The normalized spacial score (nSPS) is 13.8. The first-order valence-corrected chi connectivity index (χ1v) is 7.48. The second-order valence-electron chi connectivity index (χ2n) is 4.32. The van der Waals surface area contributed by atoms with Crippen LogP contribution < -0.4 is 11.5 Å². The van der Waals surface area contributed by atoms with Crippen molar-refractivity contribution in [2.45, 2.75) is 19.4 Å². The van der Waals surface area contributed by atoms with Crippen LogP contribution >= 0.6 is 7.60 Å². The Hall–Kier alpha value is -1.74. The van der Waals surface area contributed by atoms with Gasteiger partial charge in [-0.25, -0.2) is 4.98 Å². The van der Waals surface area contributed by atoms with Gasteiger partial charge in [-0.1, -0.05) is 0 Å². The molecule has 0 aliphatic carbocycles. The smallest absolute Gasteiger partial charge is 0.350 e. The zero-order valence-electron chi connectivity index (χ0n) is 10.6. The number of aromatic nitrogens is 4. The molecule has 0 fully saturated rings. The number of imidazole rings is 1. The summed E-state index contributed by atoms with van der Waals surface area (Å²) in [6.07, 6.45) is -0.756. The molecule has 0 aromatic carbocycles. The van der Waals surface area contributed by atoms with Crippen LogP contribution in [-0.2, 0) is 15.7 Å². The second-order valence-corrected chi connectivity index (χ2v) is 5.91. The van der Waals surface area contributed by atoms with E-state index in [0.717, 1.165) is 0 Å². The van der Waals surface area contributed by atoms with Crippen LogP contribution in [0.4, 0.5) is 11.8 Å². The summed E-state index contributed by atoms with van der Waals surface area (Å²) in [7, 11) is -4.18. The molecule has 0 saturated carbocycles. The minimum atomic E-state index is -4.18.